The van der Waals surface area contributed by atoms with Gasteiger partial charge in [0.25, 0.3) is 17.5 Å². The molecule has 3 aromatic rings. The van der Waals surface area contributed by atoms with Crippen LogP contribution < -0.4 is 5.32 Å². The second-order valence-corrected chi connectivity index (χ2v) is 8.68. The van der Waals surface area contributed by atoms with Crippen LogP contribution in [0, 0.1) is 10.1 Å². The number of rotatable bonds is 4. The van der Waals surface area contributed by atoms with Crippen molar-refractivity contribution in [3.63, 3.8) is 0 Å². The van der Waals surface area contributed by atoms with Gasteiger partial charge in [-0.3, -0.25) is 25.0 Å². The third-order valence-corrected chi connectivity index (χ3v) is 6.47. The van der Waals surface area contributed by atoms with Crippen LogP contribution in [0.2, 0.25) is 5.02 Å². The molecule has 0 radical (unpaired) electrons. The van der Waals surface area contributed by atoms with Crippen LogP contribution in [0.1, 0.15) is 30.6 Å². The molecular formula is C18H13ClN4O4S2. The Morgan fingerprint density at radius 1 is 1.31 bits per heavy atom. The maximum absolute atomic E-state index is 12.9. The Balaban J connectivity index is 1.53. The van der Waals surface area contributed by atoms with Gasteiger partial charge in [-0.2, -0.15) is 0 Å². The number of carbonyl (C=O) groups excluding carboxylic acids is 2. The molecular weight excluding hydrogens is 436 g/mol. The molecule has 0 bridgehead atoms. The minimum absolute atomic E-state index is 0.0401. The summed E-state index contributed by atoms with van der Waals surface area (Å²) in [5.74, 6) is -0.684. The lowest BCUT2D eigenvalue weighted by Crippen LogP contribution is -2.35. The van der Waals surface area contributed by atoms with Crippen LogP contribution in [0.4, 0.5) is 10.8 Å². The van der Waals surface area contributed by atoms with Crippen LogP contribution in [-0.2, 0) is 13.0 Å². The van der Waals surface area contributed by atoms with Crippen LogP contribution in [-0.4, -0.2) is 33.2 Å². The van der Waals surface area contributed by atoms with E-state index in [1.54, 1.807) is 12.1 Å². The number of benzene rings is 1. The zero-order valence-electron chi connectivity index (χ0n) is 14.8. The molecule has 1 aliphatic rings. The number of nitro groups is 1. The van der Waals surface area contributed by atoms with Gasteiger partial charge in [0.1, 0.15) is 5.56 Å². The summed E-state index contributed by atoms with van der Waals surface area (Å²) in [5.41, 5.74) is 0.501. The largest absolute Gasteiger partial charge is 0.333 e. The molecule has 2 amide bonds. The Hall–Kier alpha value is -2.82. The van der Waals surface area contributed by atoms with Gasteiger partial charge in [-0.25, -0.2) is 4.98 Å². The van der Waals surface area contributed by atoms with E-state index in [1.165, 1.54) is 45.8 Å². The van der Waals surface area contributed by atoms with Gasteiger partial charge < -0.3 is 4.90 Å². The van der Waals surface area contributed by atoms with Crippen molar-refractivity contribution in [2.24, 2.45) is 0 Å². The molecule has 0 saturated heterocycles. The average Bonchev–Trinajstić information content (AvgIpc) is 3.36. The van der Waals surface area contributed by atoms with E-state index < -0.39 is 10.8 Å². The van der Waals surface area contributed by atoms with E-state index >= 15 is 0 Å². The lowest BCUT2D eigenvalue weighted by Gasteiger charge is -2.26. The number of anilines is 1. The smallest absolute Gasteiger partial charge is 0.282 e. The zero-order valence-corrected chi connectivity index (χ0v) is 17.1. The molecule has 0 aliphatic carbocycles. The second-order valence-electron chi connectivity index (χ2n) is 6.22. The van der Waals surface area contributed by atoms with Crippen molar-refractivity contribution in [2.75, 3.05) is 11.9 Å². The molecule has 11 heteroatoms. The molecule has 148 valence electrons. The number of hydrogen-bond donors (Lipinski definition) is 1. The summed E-state index contributed by atoms with van der Waals surface area (Å²) < 4.78 is 0. The van der Waals surface area contributed by atoms with Crippen molar-refractivity contribution in [1.29, 1.82) is 0 Å². The molecule has 1 N–H and O–H groups in total. The number of carbonyl (C=O) groups is 2. The van der Waals surface area contributed by atoms with Crippen molar-refractivity contribution in [1.82, 2.24) is 9.88 Å². The van der Waals surface area contributed by atoms with E-state index in [1.807, 2.05) is 5.38 Å². The molecule has 8 nitrogen and oxygen atoms in total. The number of nitrogens with one attached hydrogen (secondary N) is 1. The van der Waals surface area contributed by atoms with E-state index in [-0.39, 0.29) is 28.7 Å². The predicted molar refractivity (Wildman–Crippen MR) is 111 cm³/mol. The normalized spacial score (nSPS) is 13.1. The first-order valence-electron chi connectivity index (χ1n) is 8.49. The van der Waals surface area contributed by atoms with Crippen molar-refractivity contribution < 1.29 is 14.5 Å². The number of thiazole rings is 1. The van der Waals surface area contributed by atoms with Gasteiger partial charge in [0.05, 0.1) is 22.0 Å². The van der Waals surface area contributed by atoms with Crippen LogP contribution >= 0.6 is 34.3 Å². The standard InChI is InChI=1S/C18H13ClN4O4S2/c19-10-3-4-13(23(26)27)11(8-10)17(25)22-6-5-12-15(9-22)29-18(20-12)21-16(24)14-2-1-7-28-14/h1-4,7-8H,5-6,9H2,(H,20,21,24). The molecule has 4 rings (SSSR count). The molecule has 0 unspecified atom stereocenters. The molecule has 1 aliphatic heterocycles. The topological polar surface area (TPSA) is 105 Å². The highest BCUT2D eigenvalue weighted by molar-refractivity contribution is 7.16. The quantitative estimate of drug-likeness (QED) is 0.475. The Morgan fingerprint density at radius 3 is 2.86 bits per heavy atom. The number of amides is 2. The molecule has 0 fully saturated rings. The fraction of sp³-hybridized carbons (Fsp3) is 0.167. The summed E-state index contributed by atoms with van der Waals surface area (Å²) in [4.78, 5) is 43.2. The van der Waals surface area contributed by atoms with Gasteiger partial charge >= 0.3 is 0 Å². The monoisotopic (exact) mass is 448 g/mol. The Morgan fingerprint density at radius 2 is 2.14 bits per heavy atom. The van der Waals surface area contributed by atoms with Crippen molar-refractivity contribution in [2.45, 2.75) is 13.0 Å². The maximum atomic E-state index is 12.9. The van der Waals surface area contributed by atoms with Crippen molar-refractivity contribution in [3.8, 4) is 0 Å². The number of hydrogen-bond acceptors (Lipinski definition) is 7. The van der Waals surface area contributed by atoms with Gasteiger partial charge in [-0.15, -0.1) is 11.3 Å². The molecule has 0 saturated carbocycles. The lowest BCUT2D eigenvalue weighted by atomic mass is 10.1. The van der Waals surface area contributed by atoms with Crippen molar-refractivity contribution >= 4 is 56.9 Å². The number of nitro benzene ring substituents is 1. The van der Waals surface area contributed by atoms with Gasteiger partial charge in [-0.05, 0) is 23.6 Å². The van der Waals surface area contributed by atoms with Crippen LogP contribution in [0.15, 0.2) is 35.7 Å². The third kappa shape index (κ3) is 4.00. The summed E-state index contributed by atoms with van der Waals surface area (Å²) in [5, 5.41) is 16.6. The molecule has 0 atom stereocenters. The average molecular weight is 449 g/mol. The number of thiophene rings is 1. The van der Waals surface area contributed by atoms with E-state index in [2.05, 4.69) is 10.3 Å². The predicted octanol–water partition coefficient (Wildman–Crippen LogP) is 4.22. The highest BCUT2D eigenvalue weighted by atomic mass is 35.5. The minimum Gasteiger partial charge on any atom is -0.333 e. The number of halogens is 1. The Bertz CT molecular complexity index is 1110. The summed E-state index contributed by atoms with van der Waals surface area (Å²) in [6.07, 6.45) is 0.501. The third-order valence-electron chi connectivity index (χ3n) is 4.37. The van der Waals surface area contributed by atoms with E-state index in [4.69, 9.17) is 11.6 Å². The summed E-state index contributed by atoms with van der Waals surface area (Å²) >= 11 is 8.58. The van der Waals surface area contributed by atoms with Crippen LogP contribution in [0.3, 0.4) is 0 Å². The van der Waals surface area contributed by atoms with Gasteiger partial charge in [-0.1, -0.05) is 29.0 Å². The first kappa shape index (κ1) is 19.5. The Kier molecular flexibility index (Phi) is 5.31. The second kappa shape index (κ2) is 7.90. The summed E-state index contributed by atoms with van der Waals surface area (Å²) in [7, 11) is 0. The molecule has 0 spiro atoms. The molecule has 1 aromatic carbocycles. The molecule has 29 heavy (non-hydrogen) atoms. The first-order valence-corrected chi connectivity index (χ1v) is 10.6. The summed E-state index contributed by atoms with van der Waals surface area (Å²) in [6, 6.07) is 7.46. The van der Waals surface area contributed by atoms with E-state index in [0.717, 1.165) is 10.6 Å². The highest BCUT2D eigenvalue weighted by Crippen LogP contribution is 2.31. The van der Waals surface area contributed by atoms with Gasteiger partial charge in [0, 0.05) is 28.9 Å². The SMILES string of the molecule is O=C(Nc1nc2c(s1)CN(C(=O)c1cc(Cl)ccc1[N+](=O)[O-])CC2)c1cccs1. The lowest BCUT2D eigenvalue weighted by molar-refractivity contribution is -0.385. The minimum atomic E-state index is -0.593. The van der Waals surface area contributed by atoms with Crippen LogP contribution in [0.5, 0.6) is 0 Å². The fourth-order valence-corrected chi connectivity index (χ4v) is 4.81. The maximum Gasteiger partial charge on any atom is 0.282 e. The molecule has 3 heterocycles. The first-order chi connectivity index (χ1) is 13.9. The van der Waals surface area contributed by atoms with Gasteiger partial charge in [0.15, 0.2) is 5.13 Å². The van der Waals surface area contributed by atoms with Crippen molar-refractivity contribution in [3.05, 3.63) is 71.9 Å². The number of aromatic nitrogens is 1. The number of nitrogens with zero attached hydrogens (tertiary/aromatic N) is 3. The fourth-order valence-electron chi connectivity index (χ4n) is 3.00. The van der Waals surface area contributed by atoms with Crippen LogP contribution in [0.25, 0.3) is 0 Å². The van der Waals surface area contributed by atoms with E-state index in [0.29, 0.717) is 23.0 Å². The highest BCUT2D eigenvalue weighted by Gasteiger charge is 2.29. The zero-order chi connectivity index (χ0) is 20.5. The molecule has 2 aromatic heterocycles. The Labute approximate surface area is 177 Å². The van der Waals surface area contributed by atoms with E-state index in [9.17, 15) is 19.7 Å². The number of fused-ring (bicyclic) bond motifs is 1. The van der Waals surface area contributed by atoms with Gasteiger partial charge in [0.2, 0.25) is 0 Å². The summed E-state index contributed by atoms with van der Waals surface area (Å²) in [6.45, 7) is 0.641.